The lowest BCUT2D eigenvalue weighted by Gasteiger charge is -2.14. The Morgan fingerprint density at radius 1 is 1.07 bits per heavy atom. The highest BCUT2D eigenvalue weighted by Gasteiger charge is 2.15. The Morgan fingerprint density at radius 2 is 1.83 bits per heavy atom. The van der Waals surface area contributed by atoms with Gasteiger partial charge in [-0.15, -0.1) is 0 Å². The van der Waals surface area contributed by atoms with Crippen LogP contribution in [0.25, 0.3) is 0 Å². The zero-order valence-electron chi connectivity index (χ0n) is 15.3. The molecule has 0 atom stereocenters. The van der Waals surface area contributed by atoms with Gasteiger partial charge in [-0.3, -0.25) is 4.79 Å². The first-order valence-electron chi connectivity index (χ1n) is 8.77. The van der Waals surface area contributed by atoms with Crippen LogP contribution >= 0.6 is 23.2 Å². The molecule has 3 rings (SSSR count). The second-order valence-electron chi connectivity index (χ2n) is 6.03. The molecule has 0 saturated carbocycles. The van der Waals surface area contributed by atoms with E-state index in [-0.39, 0.29) is 18.1 Å². The molecular weight excluding hydrogens is 417 g/mol. The molecule has 152 valence electrons. The molecule has 1 amide bonds. The van der Waals surface area contributed by atoms with E-state index in [1.54, 1.807) is 18.2 Å². The van der Waals surface area contributed by atoms with E-state index in [4.69, 9.17) is 33.7 Å². The topological polar surface area (TPSA) is 115 Å². The van der Waals surface area contributed by atoms with Gasteiger partial charge in [0.1, 0.15) is 12.4 Å². The first-order valence-corrected chi connectivity index (χ1v) is 9.52. The van der Waals surface area contributed by atoms with Crippen LogP contribution in [0.2, 0.25) is 10.0 Å². The van der Waals surface area contributed by atoms with Crippen molar-refractivity contribution in [3.05, 3.63) is 69.3 Å². The number of hydrogen-bond acceptors (Lipinski definition) is 7. The predicted octanol–water partition coefficient (Wildman–Crippen LogP) is 3.06. The highest BCUT2D eigenvalue weighted by molar-refractivity contribution is 6.35. The number of carbonyl (C=O) groups excluding carboxylic acids is 1. The third-order valence-corrected chi connectivity index (χ3v) is 4.75. The van der Waals surface area contributed by atoms with E-state index in [1.165, 1.54) is 0 Å². The summed E-state index contributed by atoms with van der Waals surface area (Å²) in [5.41, 5.74) is 7.16. The van der Waals surface area contributed by atoms with Crippen molar-refractivity contribution in [3.63, 3.8) is 0 Å². The number of aromatic nitrogens is 2. The van der Waals surface area contributed by atoms with Gasteiger partial charge < -0.3 is 21.1 Å². The first kappa shape index (κ1) is 20.9. The molecular formula is C19H19Cl2N5O3. The molecule has 0 spiro atoms. The molecule has 1 aromatic heterocycles. The summed E-state index contributed by atoms with van der Waals surface area (Å²) in [6.07, 6.45) is 0. The minimum absolute atomic E-state index is 0.0259. The van der Waals surface area contributed by atoms with Crippen molar-refractivity contribution in [1.29, 1.82) is 0 Å². The number of benzene rings is 2. The molecule has 0 aliphatic heterocycles. The molecule has 0 aliphatic carbocycles. The summed E-state index contributed by atoms with van der Waals surface area (Å²) in [6, 6.07) is 13.0. The van der Waals surface area contributed by atoms with Gasteiger partial charge in [-0.2, -0.15) is 0 Å². The number of halogens is 2. The molecule has 0 bridgehead atoms. The third kappa shape index (κ3) is 5.60. The maximum atomic E-state index is 11.9. The second-order valence-corrected chi connectivity index (χ2v) is 6.84. The molecule has 3 aromatic rings. The zero-order valence-corrected chi connectivity index (χ0v) is 16.8. The summed E-state index contributed by atoms with van der Waals surface area (Å²) in [5, 5.41) is 13.9. The summed E-state index contributed by atoms with van der Waals surface area (Å²) in [7, 11) is 0. The van der Waals surface area contributed by atoms with Crippen LogP contribution < -0.4 is 21.1 Å². The van der Waals surface area contributed by atoms with Crippen molar-refractivity contribution in [2.45, 2.75) is 13.2 Å². The van der Waals surface area contributed by atoms with E-state index in [1.807, 2.05) is 24.3 Å². The lowest BCUT2D eigenvalue weighted by Crippen LogP contribution is -2.32. The Hall–Kier alpha value is -2.81. The van der Waals surface area contributed by atoms with Gasteiger partial charge in [0.2, 0.25) is 11.5 Å². The van der Waals surface area contributed by atoms with Crippen molar-refractivity contribution >= 4 is 34.9 Å². The van der Waals surface area contributed by atoms with Gasteiger partial charge in [-0.05, 0) is 28.5 Å². The molecule has 0 aliphatic rings. The molecule has 10 heteroatoms. The molecule has 0 fully saturated rings. The van der Waals surface area contributed by atoms with Crippen LogP contribution in [-0.4, -0.2) is 29.3 Å². The molecule has 2 aromatic carbocycles. The molecule has 8 nitrogen and oxygen atoms in total. The van der Waals surface area contributed by atoms with Gasteiger partial charge in [0.25, 0.3) is 5.91 Å². The largest absolute Gasteiger partial charge is 0.488 e. The Balaban J connectivity index is 1.48. The Kier molecular flexibility index (Phi) is 7.29. The van der Waals surface area contributed by atoms with Gasteiger partial charge in [0, 0.05) is 40.8 Å². The van der Waals surface area contributed by atoms with Crippen LogP contribution in [0.3, 0.4) is 0 Å². The minimum Gasteiger partial charge on any atom is -0.488 e. The standard InChI is InChI=1S/C19H19Cl2N5O3/c20-14-5-3-6-15(21)13(14)11-28-16-7-2-1-4-12(16)10-23-8-9-24-19(27)17-18(22)26-29-25-17/h1-7,23H,8-11H2,(H2,22,26)(H,24,27). The predicted molar refractivity (Wildman–Crippen MR) is 110 cm³/mol. The van der Waals surface area contributed by atoms with Crippen LogP contribution in [0.5, 0.6) is 5.75 Å². The first-order chi connectivity index (χ1) is 14.1. The SMILES string of the molecule is Nc1nonc1C(=O)NCCNCc1ccccc1OCc1c(Cl)cccc1Cl. The monoisotopic (exact) mass is 435 g/mol. The molecule has 0 saturated heterocycles. The van der Waals surface area contributed by atoms with E-state index in [9.17, 15) is 4.79 Å². The van der Waals surface area contributed by atoms with Crippen molar-refractivity contribution < 1.29 is 14.2 Å². The fourth-order valence-electron chi connectivity index (χ4n) is 2.54. The van der Waals surface area contributed by atoms with E-state index in [0.717, 1.165) is 16.9 Å². The van der Waals surface area contributed by atoms with Gasteiger partial charge in [-0.25, -0.2) is 4.63 Å². The Bertz CT molecular complexity index is 960. The fourth-order valence-corrected chi connectivity index (χ4v) is 3.04. The molecule has 29 heavy (non-hydrogen) atoms. The van der Waals surface area contributed by atoms with Crippen LogP contribution in [-0.2, 0) is 13.2 Å². The van der Waals surface area contributed by atoms with E-state index >= 15 is 0 Å². The summed E-state index contributed by atoms with van der Waals surface area (Å²) in [4.78, 5) is 11.9. The maximum Gasteiger partial charge on any atom is 0.277 e. The molecule has 4 N–H and O–H groups in total. The number of nitrogens with two attached hydrogens (primary N) is 1. The van der Waals surface area contributed by atoms with Gasteiger partial charge in [0.15, 0.2) is 0 Å². The second kappa shape index (κ2) is 10.1. The Morgan fingerprint density at radius 3 is 2.55 bits per heavy atom. The van der Waals surface area contributed by atoms with Gasteiger partial charge in [0.05, 0.1) is 0 Å². The molecule has 0 radical (unpaired) electrons. The number of nitrogens with one attached hydrogen (secondary N) is 2. The number of nitrogens with zero attached hydrogens (tertiary/aromatic N) is 2. The highest BCUT2D eigenvalue weighted by atomic mass is 35.5. The number of anilines is 1. The number of hydrogen-bond donors (Lipinski definition) is 3. The quantitative estimate of drug-likeness (QED) is 0.442. The average Bonchev–Trinajstić information content (AvgIpc) is 3.14. The summed E-state index contributed by atoms with van der Waals surface area (Å²) in [5.74, 6) is 0.243. The summed E-state index contributed by atoms with van der Waals surface area (Å²) >= 11 is 12.4. The smallest absolute Gasteiger partial charge is 0.277 e. The van der Waals surface area contributed by atoms with Crippen LogP contribution in [0.4, 0.5) is 5.82 Å². The lowest BCUT2D eigenvalue weighted by molar-refractivity contribution is 0.0944. The highest BCUT2D eigenvalue weighted by Crippen LogP contribution is 2.27. The number of para-hydroxylation sites is 1. The molecule has 1 heterocycles. The van der Waals surface area contributed by atoms with Crippen LogP contribution in [0.1, 0.15) is 21.6 Å². The zero-order chi connectivity index (χ0) is 20.6. The van der Waals surface area contributed by atoms with E-state index in [2.05, 4.69) is 25.6 Å². The summed E-state index contributed by atoms with van der Waals surface area (Å²) < 4.78 is 10.3. The Labute approximate surface area is 177 Å². The number of rotatable bonds is 9. The minimum atomic E-state index is -0.439. The lowest BCUT2D eigenvalue weighted by atomic mass is 10.2. The number of carbonyl (C=O) groups is 1. The van der Waals surface area contributed by atoms with Crippen molar-refractivity contribution in [3.8, 4) is 5.75 Å². The number of nitrogen functional groups attached to an aromatic ring is 1. The molecule has 0 unspecified atom stereocenters. The van der Waals surface area contributed by atoms with Gasteiger partial charge >= 0.3 is 0 Å². The van der Waals surface area contributed by atoms with E-state index < -0.39 is 5.91 Å². The average molecular weight is 436 g/mol. The van der Waals surface area contributed by atoms with Crippen molar-refractivity contribution in [1.82, 2.24) is 20.9 Å². The fraction of sp³-hybridized carbons (Fsp3) is 0.211. The van der Waals surface area contributed by atoms with Crippen molar-refractivity contribution in [2.75, 3.05) is 18.8 Å². The van der Waals surface area contributed by atoms with Crippen LogP contribution in [0, 0.1) is 0 Å². The van der Waals surface area contributed by atoms with E-state index in [0.29, 0.717) is 29.7 Å². The van der Waals surface area contributed by atoms with Gasteiger partial charge in [-0.1, -0.05) is 47.5 Å². The maximum absolute atomic E-state index is 11.9. The van der Waals surface area contributed by atoms with Crippen LogP contribution in [0.15, 0.2) is 47.1 Å². The number of ether oxygens (including phenoxy) is 1. The summed E-state index contributed by atoms with van der Waals surface area (Å²) in [6.45, 7) is 1.72. The number of amides is 1. The third-order valence-electron chi connectivity index (χ3n) is 4.04. The van der Waals surface area contributed by atoms with Crippen molar-refractivity contribution in [2.24, 2.45) is 0 Å². The normalized spacial score (nSPS) is 10.7.